The van der Waals surface area contributed by atoms with E-state index in [0.717, 1.165) is 43.0 Å². The average Bonchev–Trinajstić information content (AvgIpc) is 2.74. The fourth-order valence-corrected chi connectivity index (χ4v) is 3.87. The van der Waals surface area contributed by atoms with Crippen LogP contribution < -0.4 is 10.1 Å². The molecule has 0 spiro atoms. The summed E-state index contributed by atoms with van der Waals surface area (Å²) in [5, 5.41) is 3.42. The molecule has 1 atom stereocenters. The third-order valence-corrected chi connectivity index (χ3v) is 5.32. The smallest absolute Gasteiger partial charge is 0.257 e. The van der Waals surface area contributed by atoms with E-state index in [1.54, 1.807) is 0 Å². The Labute approximate surface area is 160 Å². The summed E-state index contributed by atoms with van der Waals surface area (Å²) in [4.78, 5) is 24.3. The standard InChI is InChI=1S/C21H26N4O2/c1-2-27-19-8-4-3-7-17(19)21(26)25-11-9-18-16(14-25)13-23-20(24-18)15-6-5-10-22-12-15/h3-4,7-8,13,15,22H,2,5-6,9-12,14H2,1H3/t15-/m0/s1. The van der Waals surface area contributed by atoms with Crippen molar-refractivity contribution in [3.05, 3.63) is 53.1 Å². The number of piperidine rings is 1. The topological polar surface area (TPSA) is 67.3 Å². The molecule has 1 fully saturated rings. The molecule has 3 heterocycles. The molecule has 1 aromatic heterocycles. The molecule has 6 nitrogen and oxygen atoms in total. The molecule has 0 aliphatic carbocycles. The first-order valence-corrected chi connectivity index (χ1v) is 9.82. The molecule has 0 radical (unpaired) electrons. The van der Waals surface area contributed by atoms with Crippen molar-refractivity contribution in [2.24, 2.45) is 0 Å². The SMILES string of the molecule is CCOc1ccccc1C(=O)N1CCc2nc([C@H]3CCCNC3)ncc2C1. The largest absolute Gasteiger partial charge is 0.493 e. The number of benzene rings is 1. The van der Waals surface area contributed by atoms with E-state index in [1.807, 2.05) is 42.3 Å². The average molecular weight is 366 g/mol. The van der Waals surface area contributed by atoms with E-state index in [-0.39, 0.29) is 5.91 Å². The van der Waals surface area contributed by atoms with E-state index >= 15 is 0 Å². The Morgan fingerprint density at radius 3 is 3.07 bits per heavy atom. The van der Waals surface area contributed by atoms with E-state index in [0.29, 0.717) is 36.9 Å². The van der Waals surface area contributed by atoms with Crippen molar-refractivity contribution in [3.63, 3.8) is 0 Å². The van der Waals surface area contributed by atoms with Gasteiger partial charge in [0.05, 0.1) is 17.9 Å². The third-order valence-electron chi connectivity index (χ3n) is 5.32. The van der Waals surface area contributed by atoms with Gasteiger partial charge in [-0.25, -0.2) is 9.97 Å². The molecule has 2 aliphatic rings. The number of hydrogen-bond donors (Lipinski definition) is 1. The summed E-state index contributed by atoms with van der Waals surface area (Å²) in [6, 6.07) is 7.45. The van der Waals surface area contributed by atoms with E-state index in [4.69, 9.17) is 9.72 Å². The second-order valence-electron chi connectivity index (χ2n) is 7.15. The summed E-state index contributed by atoms with van der Waals surface area (Å²) >= 11 is 0. The molecule has 1 saturated heterocycles. The highest BCUT2D eigenvalue weighted by Crippen LogP contribution is 2.26. The van der Waals surface area contributed by atoms with E-state index < -0.39 is 0 Å². The van der Waals surface area contributed by atoms with Gasteiger partial charge in [0, 0.05) is 43.7 Å². The number of fused-ring (bicyclic) bond motifs is 1. The molecule has 0 saturated carbocycles. The van der Waals surface area contributed by atoms with Crippen molar-refractivity contribution in [1.29, 1.82) is 0 Å². The summed E-state index contributed by atoms with van der Waals surface area (Å²) < 4.78 is 5.62. The molecule has 6 heteroatoms. The maximum absolute atomic E-state index is 13.0. The van der Waals surface area contributed by atoms with Crippen molar-refractivity contribution >= 4 is 5.91 Å². The summed E-state index contributed by atoms with van der Waals surface area (Å²) in [7, 11) is 0. The number of para-hydroxylation sites is 1. The van der Waals surface area contributed by atoms with Gasteiger partial charge in [-0.3, -0.25) is 4.79 Å². The molecule has 2 aliphatic heterocycles. The third kappa shape index (κ3) is 3.81. The second kappa shape index (κ2) is 8.05. The summed E-state index contributed by atoms with van der Waals surface area (Å²) in [6.45, 7) is 5.73. The number of rotatable bonds is 4. The Kier molecular flexibility index (Phi) is 5.34. The van der Waals surface area contributed by atoms with Crippen molar-refractivity contribution in [2.75, 3.05) is 26.2 Å². The van der Waals surface area contributed by atoms with Crippen molar-refractivity contribution < 1.29 is 9.53 Å². The first kappa shape index (κ1) is 17.9. The van der Waals surface area contributed by atoms with E-state index in [1.165, 1.54) is 6.42 Å². The lowest BCUT2D eigenvalue weighted by molar-refractivity contribution is 0.0729. The highest BCUT2D eigenvalue weighted by atomic mass is 16.5. The number of ether oxygens (including phenoxy) is 1. The van der Waals surface area contributed by atoms with Gasteiger partial charge in [-0.1, -0.05) is 12.1 Å². The Morgan fingerprint density at radius 1 is 1.37 bits per heavy atom. The Hall–Kier alpha value is -2.47. The molecule has 2 aromatic rings. The summed E-state index contributed by atoms with van der Waals surface area (Å²) in [6.07, 6.45) is 5.00. The Balaban J connectivity index is 1.51. The second-order valence-corrected chi connectivity index (χ2v) is 7.15. The lowest BCUT2D eigenvalue weighted by atomic mass is 9.98. The normalized spacial score (nSPS) is 19.4. The number of nitrogens with one attached hydrogen (secondary N) is 1. The number of nitrogens with zero attached hydrogens (tertiary/aromatic N) is 3. The number of carbonyl (C=O) groups is 1. The van der Waals surface area contributed by atoms with Gasteiger partial charge >= 0.3 is 0 Å². The fourth-order valence-electron chi connectivity index (χ4n) is 3.87. The van der Waals surface area contributed by atoms with Crippen LogP contribution in [-0.2, 0) is 13.0 Å². The fraction of sp³-hybridized carbons (Fsp3) is 0.476. The Bertz CT molecular complexity index is 818. The van der Waals surface area contributed by atoms with Crippen LogP contribution in [0.1, 0.15) is 53.1 Å². The minimum atomic E-state index is 0.00487. The van der Waals surface area contributed by atoms with Crippen LogP contribution in [0.3, 0.4) is 0 Å². The lowest BCUT2D eigenvalue weighted by Gasteiger charge is -2.29. The van der Waals surface area contributed by atoms with E-state index in [9.17, 15) is 4.79 Å². The minimum Gasteiger partial charge on any atom is -0.493 e. The van der Waals surface area contributed by atoms with Gasteiger partial charge in [-0.2, -0.15) is 0 Å². The summed E-state index contributed by atoms with van der Waals surface area (Å²) in [5.41, 5.74) is 2.76. The predicted molar refractivity (Wildman–Crippen MR) is 103 cm³/mol. The van der Waals surface area contributed by atoms with Gasteiger partial charge in [0.1, 0.15) is 11.6 Å². The number of aromatic nitrogens is 2. The van der Waals surface area contributed by atoms with Crippen molar-refractivity contribution in [1.82, 2.24) is 20.2 Å². The highest BCUT2D eigenvalue weighted by molar-refractivity contribution is 5.97. The highest BCUT2D eigenvalue weighted by Gasteiger charge is 2.26. The first-order chi connectivity index (χ1) is 13.3. The van der Waals surface area contributed by atoms with Crippen LogP contribution in [0, 0.1) is 0 Å². The zero-order valence-corrected chi connectivity index (χ0v) is 15.8. The molecule has 0 bridgehead atoms. The first-order valence-electron chi connectivity index (χ1n) is 9.82. The van der Waals surface area contributed by atoms with Gasteiger partial charge in [0.25, 0.3) is 5.91 Å². The summed E-state index contributed by atoms with van der Waals surface area (Å²) in [5.74, 6) is 2.00. The molecular formula is C21H26N4O2. The Morgan fingerprint density at radius 2 is 2.26 bits per heavy atom. The lowest BCUT2D eigenvalue weighted by Crippen LogP contribution is -2.37. The van der Waals surface area contributed by atoms with Crippen LogP contribution >= 0.6 is 0 Å². The number of amides is 1. The van der Waals surface area contributed by atoms with Crippen LogP contribution in [0.15, 0.2) is 30.5 Å². The minimum absolute atomic E-state index is 0.00487. The van der Waals surface area contributed by atoms with Crippen LogP contribution in [0.5, 0.6) is 5.75 Å². The van der Waals surface area contributed by atoms with Crippen LogP contribution in [0.2, 0.25) is 0 Å². The maximum atomic E-state index is 13.0. The predicted octanol–water partition coefficient (Wildman–Crippen LogP) is 2.54. The zero-order chi connectivity index (χ0) is 18.6. The molecule has 142 valence electrons. The molecular weight excluding hydrogens is 340 g/mol. The van der Waals surface area contributed by atoms with Gasteiger partial charge in [0.15, 0.2) is 0 Å². The van der Waals surface area contributed by atoms with Crippen molar-refractivity contribution in [3.8, 4) is 5.75 Å². The van der Waals surface area contributed by atoms with Crippen LogP contribution in [0.25, 0.3) is 0 Å². The van der Waals surface area contributed by atoms with E-state index in [2.05, 4.69) is 10.3 Å². The quantitative estimate of drug-likeness (QED) is 0.901. The monoisotopic (exact) mass is 366 g/mol. The van der Waals surface area contributed by atoms with Crippen LogP contribution in [-0.4, -0.2) is 47.0 Å². The molecule has 4 rings (SSSR count). The molecule has 1 amide bonds. The zero-order valence-electron chi connectivity index (χ0n) is 15.8. The number of carbonyl (C=O) groups excluding carboxylic acids is 1. The van der Waals surface area contributed by atoms with Gasteiger partial charge in [-0.15, -0.1) is 0 Å². The molecule has 1 N–H and O–H groups in total. The molecule has 0 unspecified atom stereocenters. The van der Waals surface area contributed by atoms with Gasteiger partial charge in [0.2, 0.25) is 0 Å². The molecule has 27 heavy (non-hydrogen) atoms. The van der Waals surface area contributed by atoms with Gasteiger partial charge in [-0.05, 0) is 38.4 Å². The maximum Gasteiger partial charge on any atom is 0.257 e. The number of hydrogen-bond acceptors (Lipinski definition) is 5. The van der Waals surface area contributed by atoms with Crippen molar-refractivity contribution in [2.45, 2.75) is 38.6 Å². The van der Waals surface area contributed by atoms with Gasteiger partial charge < -0.3 is 15.0 Å². The van der Waals surface area contributed by atoms with Crippen LogP contribution in [0.4, 0.5) is 0 Å². The molecule has 1 aromatic carbocycles.